The lowest BCUT2D eigenvalue weighted by Gasteiger charge is -2.33. The highest BCUT2D eigenvalue weighted by Gasteiger charge is 2.27. The number of hydrogen-bond acceptors (Lipinski definition) is 2. The normalized spacial score (nSPS) is 21.7. The van der Waals surface area contributed by atoms with Gasteiger partial charge in [0.25, 0.3) is 0 Å². The Kier molecular flexibility index (Phi) is 6.12. The molecule has 3 rings (SSSR count). The summed E-state index contributed by atoms with van der Waals surface area (Å²) in [7, 11) is 0. The van der Waals surface area contributed by atoms with E-state index in [0.717, 1.165) is 17.6 Å². The van der Waals surface area contributed by atoms with Crippen LogP contribution in [0.25, 0.3) is 11.1 Å². The van der Waals surface area contributed by atoms with Crippen LogP contribution in [0.15, 0.2) is 42.7 Å². The van der Waals surface area contributed by atoms with Crippen LogP contribution in [0.1, 0.15) is 64.4 Å². The Bertz CT molecular complexity index is 673. The second kappa shape index (κ2) is 8.51. The zero-order valence-corrected chi connectivity index (χ0v) is 15.9. The van der Waals surface area contributed by atoms with Gasteiger partial charge in [-0.25, -0.2) is 0 Å². The molecule has 2 heteroatoms. The summed E-state index contributed by atoms with van der Waals surface area (Å²) in [5.41, 5.74) is 3.84. The maximum absolute atomic E-state index is 5.88. The fourth-order valence-corrected chi connectivity index (χ4v) is 4.34. The predicted octanol–water partition coefficient (Wildman–Crippen LogP) is 6.47. The molecular weight excluding hydrogens is 306 g/mol. The highest BCUT2D eigenvalue weighted by molar-refractivity contribution is 5.73. The summed E-state index contributed by atoms with van der Waals surface area (Å²) in [6, 6.07) is 10.5. The minimum absolute atomic E-state index is 0.538. The van der Waals surface area contributed by atoms with Gasteiger partial charge in [-0.3, -0.25) is 4.98 Å². The number of ether oxygens (including phenoxy) is 1. The molecule has 1 aromatic carbocycles. The van der Waals surface area contributed by atoms with Crippen LogP contribution in [-0.4, -0.2) is 11.6 Å². The van der Waals surface area contributed by atoms with E-state index in [0.29, 0.717) is 12.5 Å². The maximum Gasteiger partial charge on any atom is 0.127 e. The molecule has 0 N–H and O–H groups in total. The van der Waals surface area contributed by atoms with Crippen molar-refractivity contribution in [1.29, 1.82) is 0 Å². The Hall–Kier alpha value is -1.83. The number of benzene rings is 1. The molecule has 0 spiro atoms. The van der Waals surface area contributed by atoms with Gasteiger partial charge >= 0.3 is 0 Å². The molecule has 0 aliphatic heterocycles. The van der Waals surface area contributed by atoms with Crippen LogP contribution in [0.5, 0.6) is 5.75 Å². The average molecular weight is 338 g/mol. The molecular formula is C23H31NO. The van der Waals surface area contributed by atoms with Gasteiger partial charge in [0.1, 0.15) is 5.75 Å². The Labute approximate surface area is 152 Å². The summed E-state index contributed by atoms with van der Waals surface area (Å²) < 4.78 is 5.88. The number of rotatable bonds is 6. The van der Waals surface area contributed by atoms with Gasteiger partial charge in [-0.05, 0) is 60.8 Å². The third-order valence-corrected chi connectivity index (χ3v) is 6.00. The molecule has 1 fully saturated rings. The molecule has 1 heterocycles. The second-order valence-corrected chi connectivity index (χ2v) is 7.37. The Morgan fingerprint density at radius 2 is 1.80 bits per heavy atom. The Balaban J connectivity index is 1.89. The van der Waals surface area contributed by atoms with Crippen molar-refractivity contribution in [3.05, 3.63) is 48.3 Å². The van der Waals surface area contributed by atoms with Crippen molar-refractivity contribution < 1.29 is 4.74 Å². The van der Waals surface area contributed by atoms with Crippen LogP contribution in [0, 0.1) is 11.8 Å². The first kappa shape index (κ1) is 18.0. The predicted molar refractivity (Wildman–Crippen MR) is 105 cm³/mol. The van der Waals surface area contributed by atoms with Crippen LogP contribution in [0.2, 0.25) is 0 Å². The topological polar surface area (TPSA) is 22.1 Å². The number of nitrogens with zero attached hydrogens (tertiary/aromatic N) is 1. The van der Waals surface area contributed by atoms with E-state index in [9.17, 15) is 0 Å². The molecule has 0 radical (unpaired) electrons. The summed E-state index contributed by atoms with van der Waals surface area (Å²) in [6.45, 7) is 7.45. The van der Waals surface area contributed by atoms with Crippen LogP contribution in [0.3, 0.4) is 0 Å². The van der Waals surface area contributed by atoms with Crippen molar-refractivity contribution in [2.24, 2.45) is 11.8 Å². The van der Waals surface area contributed by atoms with Crippen LogP contribution >= 0.6 is 0 Å². The van der Waals surface area contributed by atoms with Crippen molar-refractivity contribution in [2.45, 2.75) is 58.8 Å². The van der Waals surface area contributed by atoms with Gasteiger partial charge in [-0.2, -0.15) is 0 Å². The third kappa shape index (κ3) is 4.05. The summed E-state index contributed by atoms with van der Waals surface area (Å²) in [5.74, 6) is 3.22. The third-order valence-electron chi connectivity index (χ3n) is 6.00. The molecule has 1 unspecified atom stereocenters. The quantitative estimate of drug-likeness (QED) is 0.603. The smallest absolute Gasteiger partial charge is 0.127 e. The molecule has 0 amide bonds. The highest BCUT2D eigenvalue weighted by atomic mass is 16.5. The van der Waals surface area contributed by atoms with E-state index >= 15 is 0 Å². The lowest BCUT2D eigenvalue weighted by Crippen LogP contribution is -2.19. The van der Waals surface area contributed by atoms with Crippen molar-refractivity contribution in [2.75, 3.05) is 6.61 Å². The summed E-state index contributed by atoms with van der Waals surface area (Å²) >= 11 is 0. The largest absolute Gasteiger partial charge is 0.493 e. The van der Waals surface area contributed by atoms with E-state index in [2.05, 4.69) is 49.3 Å². The van der Waals surface area contributed by atoms with Crippen molar-refractivity contribution in [3.8, 4) is 16.9 Å². The van der Waals surface area contributed by atoms with Gasteiger partial charge in [0.15, 0.2) is 0 Å². The summed E-state index contributed by atoms with van der Waals surface area (Å²) in [6.07, 6.45) is 10.8. The SMILES string of the molecule is CCOc1ccccc1-c1ccncc1C(C)C1CCC(CC)CC1. The van der Waals surface area contributed by atoms with Gasteiger partial charge < -0.3 is 4.74 Å². The lowest BCUT2D eigenvalue weighted by molar-refractivity contribution is 0.244. The molecule has 2 nitrogen and oxygen atoms in total. The monoisotopic (exact) mass is 337 g/mol. The van der Waals surface area contributed by atoms with E-state index in [-0.39, 0.29) is 0 Å². The molecule has 134 valence electrons. The van der Waals surface area contributed by atoms with Gasteiger partial charge in [-0.1, -0.05) is 51.3 Å². The summed E-state index contributed by atoms with van der Waals surface area (Å²) in [4.78, 5) is 4.45. The lowest BCUT2D eigenvalue weighted by atomic mass is 9.73. The number of hydrogen-bond donors (Lipinski definition) is 0. The van der Waals surface area contributed by atoms with Crippen molar-refractivity contribution >= 4 is 0 Å². The molecule has 0 bridgehead atoms. The second-order valence-electron chi connectivity index (χ2n) is 7.37. The maximum atomic E-state index is 5.88. The van der Waals surface area contributed by atoms with E-state index in [1.54, 1.807) is 0 Å². The Morgan fingerprint density at radius 1 is 1.04 bits per heavy atom. The molecule has 1 aliphatic carbocycles. The van der Waals surface area contributed by atoms with Gasteiger partial charge in [0, 0.05) is 18.0 Å². The van der Waals surface area contributed by atoms with Crippen molar-refractivity contribution in [1.82, 2.24) is 4.98 Å². The fourth-order valence-electron chi connectivity index (χ4n) is 4.34. The fraction of sp³-hybridized carbons (Fsp3) is 0.522. The van der Waals surface area contributed by atoms with E-state index in [1.807, 2.05) is 19.2 Å². The Morgan fingerprint density at radius 3 is 2.52 bits per heavy atom. The first-order valence-corrected chi connectivity index (χ1v) is 9.90. The number of para-hydroxylation sites is 1. The molecule has 1 aromatic heterocycles. The van der Waals surface area contributed by atoms with Crippen LogP contribution in [0.4, 0.5) is 0 Å². The zero-order valence-electron chi connectivity index (χ0n) is 15.9. The van der Waals surface area contributed by atoms with Crippen LogP contribution in [-0.2, 0) is 0 Å². The summed E-state index contributed by atoms with van der Waals surface area (Å²) in [5, 5.41) is 0. The highest BCUT2D eigenvalue weighted by Crippen LogP contribution is 2.42. The standard InChI is InChI=1S/C23H31NO/c1-4-18-10-12-19(13-11-18)17(3)22-16-24-15-14-20(22)21-8-6-7-9-23(21)25-5-2/h6-9,14-19H,4-5,10-13H2,1-3H3. The van der Waals surface area contributed by atoms with Gasteiger partial charge in [0.05, 0.1) is 6.61 Å². The van der Waals surface area contributed by atoms with Crippen LogP contribution < -0.4 is 4.74 Å². The van der Waals surface area contributed by atoms with Gasteiger partial charge in [0.2, 0.25) is 0 Å². The molecule has 1 atom stereocenters. The first-order valence-electron chi connectivity index (χ1n) is 9.90. The first-order chi connectivity index (χ1) is 12.2. The van der Waals surface area contributed by atoms with Crippen molar-refractivity contribution in [3.63, 3.8) is 0 Å². The average Bonchev–Trinajstić information content (AvgIpc) is 2.68. The molecule has 25 heavy (non-hydrogen) atoms. The van der Waals surface area contributed by atoms with E-state index in [4.69, 9.17) is 4.74 Å². The number of pyridine rings is 1. The minimum atomic E-state index is 0.538. The van der Waals surface area contributed by atoms with E-state index in [1.165, 1.54) is 48.8 Å². The minimum Gasteiger partial charge on any atom is -0.493 e. The van der Waals surface area contributed by atoms with E-state index < -0.39 is 0 Å². The molecule has 1 aliphatic rings. The zero-order chi connectivity index (χ0) is 17.6. The van der Waals surface area contributed by atoms with Gasteiger partial charge in [-0.15, -0.1) is 0 Å². The molecule has 1 saturated carbocycles. The molecule has 2 aromatic rings. The number of aromatic nitrogens is 1. The molecule has 0 saturated heterocycles.